The molecular weight excluding hydrogens is 420 g/mol. The monoisotopic (exact) mass is 478 g/mol. The molecule has 0 saturated heterocycles. The fourth-order valence-electron chi connectivity index (χ4n) is 4.07. The lowest BCUT2D eigenvalue weighted by atomic mass is 9.90. The summed E-state index contributed by atoms with van der Waals surface area (Å²) in [7, 11) is 0. The second kappa shape index (κ2) is 20.4. The normalized spacial score (nSPS) is 14.7. The summed E-state index contributed by atoms with van der Waals surface area (Å²) in [6.45, 7) is 22.4. The average Bonchev–Trinajstić information content (AvgIpc) is 2.78. The van der Waals surface area contributed by atoms with Crippen LogP contribution in [0.2, 0.25) is 0 Å². The second-order valence-electron chi connectivity index (χ2n) is 11.1. The standard InChI is InChI=1S/C35H58/c1-11-34(10)35(26-24-32(8)22-14-20-30(6)18-12-16-28(2)3)27-25-33(9)23-15-21-31(7)19-13-17-29(4)5/h11,16-17,20-21,24-25,35H,12-15,18-19,22-23,26-27H2,1-10H3. The van der Waals surface area contributed by atoms with Gasteiger partial charge in [-0.25, -0.2) is 0 Å². The Labute approximate surface area is 220 Å². The summed E-state index contributed by atoms with van der Waals surface area (Å²) in [5.74, 6) is 0.618. The van der Waals surface area contributed by atoms with E-state index in [4.69, 9.17) is 0 Å². The molecule has 35 heavy (non-hydrogen) atoms. The molecule has 0 fully saturated rings. The number of allylic oxidation sites excluding steroid dienone is 14. The maximum atomic E-state index is 2.49. The molecule has 0 amide bonds. The molecule has 0 aliphatic rings. The highest BCUT2D eigenvalue weighted by molar-refractivity contribution is 5.12. The van der Waals surface area contributed by atoms with E-state index in [9.17, 15) is 0 Å². The molecule has 198 valence electrons. The van der Waals surface area contributed by atoms with Gasteiger partial charge in [0, 0.05) is 0 Å². The Morgan fingerprint density at radius 3 is 1.09 bits per heavy atom. The van der Waals surface area contributed by atoms with Crippen molar-refractivity contribution in [3.8, 4) is 0 Å². The van der Waals surface area contributed by atoms with E-state index >= 15 is 0 Å². The SMILES string of the molecule is CC=C(C)C(CC=C(C)CCC=C(C)CCC=C(C)C)CC=C(C)CCC=C(C)CCC=C(C)C. The summed E-state index contributed by atoms with van der Waals surface area (Å²) in [4.78, 5) is 0. The molecule has 0 aromatic heterocycles. The number of hydrogen-bond acceptors (Lipinski definition) is 0. The van der Waals surface area contributed by atoms with Crippen LogP contribution in [0.3, 0.4) is 0 Å². The summed E-state index contributed by atoms with van der Waals surface area (Å²) in [5, 5.41) is 0. The van der Waals surface area contributed by atoms with E-state index in [1.165, 1.54) is 77.5 Å². The van der Waals surface area contributed by atoms with Gasteiger partial charge in [-0.3, -0.25) is 0 Å². The van der Waals surface area contributed by atoms with Gasteiger partial charge in [0.15, 0.2) is 0 Å². The van der Waals surface area contributed by atoms with Gasteiger partial charge in [0.25, 0.3) is 0 Å². The minimum Gasteiger partial charge on any atom is -0.0884 e. The Morgan fingerprint density at radius 2 is 0.771 bits per heavy atom. The summed E-state index contributed by atoms with van der Waals surface area (Å²) >= 11 is 0. The molecule has 0 atom stereocenters. The fourth-order valence-corrected chi connectivity index (χ4v) is 4.07. The minimum absolute atomic E-state index is 0.618. The van der Waals surface area contributed by atoms with E-state index in [0.29, 0.717) is 5.92 Å². The van der Waals surface area contributed by atoms with Crippen LogP contribution in [0, 0.1) is 5.92 Å². The smallest absolute Gasteiger partial charge is 0.0137 e. The van der Waals surface area contributed by atoms with E-state index in [1.807, 2.05) is 0 Å². The van der Waals surface area contributed by atoms with Crippen LogP contribution in [0.5, 0.6) is 0 Å². The third-order valence-electron chi connectivity index (χ3n) is 6.85. The first kappa shape index (κ1) is 33.2. The van der Waals surface area contributed by atoms with Gasteiger partial charge in [-0.2, -0.15) is 0 Å². The third kappa shape index (κ3) is 20.1. The van der Waals surface area contributed by atoms with Crippen molar-refractivity contribution in [1.29, 1.82) is 0 Å². The van der Waals surface area contributed by atoms with Crippen LogP contribution in [0.25, 0.3) is 0 Å². The van der Waals surface area contributed by atoms with E-state index in [1.54, 1.807) is 0 Å². The van der Waals surface area contributed by atoms with Crippen molar-refractivity contribution >= 4 is 0 Å². The zero-order chi connectivity index (χ0) is 26.6. The van der Waals surface area contributed by atoms with Crippen molar-refractivity contribution in [1.82, 2.24) is 0 Å². The lowest BCUT2D eigenvalue weighted by Gasteiger charge is -2.15. The van der Waals surface area contributed by atoms with Crippen LogP contribution < -0.4 is 0 Å². The Hall–Kier alpha value is -1.82. The minimum atomic E-state index is 0.618. The topological polar surface area (TPSA) is 0 Å². The first-order valence-corrected chi connectivity index (χ1v) is 14.1. The Morgan fingerprint density at radius 1 is 0.457 bits per heavy atom. The van der Waals surface area contributed by atoms with Crippen molar-refractivity contribution in [2.24, 2.45) is 5.92 Å². The molecule has 0 unspecified atom stereocenters. The molecular formula is C35H58. The van der Waals surface area contributed by atoms with Gasteiger partial charge in [0.2, 0.25) is 0 Å². The highest BCUT2D eigenvalue weighted by atomic mass is 14.1. The second-order valence-corrected chi connectivity index (χ2v) is 11.1. The Bertz CT molecular complexity index is 733. The molecule has 0 bridgehead atoms. The van der Waals surface area contributed by atoms with Gasteiger partial charge in [-0.15, -0.1) is 0 Å². The lowest BCUT2D eigenvalue weighted by molar-refractivity contribution is 0.625. The zero-order valence-corrected chi connectivity index (χ0v) is 25.2. The van der Waals surface area contributed by atoms with Gasteiger partial charge in [-0.1, -0.05) is 81.5 Å². The van der Waals surface area contributed by atoms with Crippen molar-refractivity contribution in [3.05, 3.63) is 81.5 Å². The van der Waals surface area contributed by atoms with E-state index in [0.717, 1.165) is 25.7 Å². The third-order valence-corrected chi connectivity index (χ3v) is 6.85. The summed E-state index contributed by atoms with van der Waals surface area (Å²) in [6.07, 6.45) is 28.5. The molecule has 0 heterocycles. The molecule has 0 heteroatoms. The van der Waals surface area contributed by atoms with Crippen molar-refractivity contribution in [2.75, 3.05) is 0 Å². The summed E-state index contributed by atoms with van der Waals surface area (Å²) in [6, 6.07) is 0. The summed E-state index contributed by atoms with van der Waals surface area (Å²) in [5.41, 5.74) is 10.5. The van der Waals surface area contributed by atoms with Gasteiger partial charge in [0.05, 0.1) is 0 Å². The Balaban J connectivity index is 4.66. The molecule has 0 aromatic carbocycles. The van der Waals surface area contributed by atoms with Gasteiger partial charge in [0.1, 0.15) is 0 Å². The Kier molecular flexibility index (Phi) is 19.3. The highest BCUT2D eigenvalue weighted by Crippen LogP contribution is 2.23. The van der Waals surface area contributed by atoms with Crippen molar-refractivity contribution in [2.45, 2.75) is 133 Å². The molecule has 0 N–H and O–H groups in total. The van der Waals surface area contributed by atoms with Crippen LogP contribution in [-0.2, 0) is 0 Å². The largest absolute Gasteiger partial charge is 0.0884 e. The first-order chi connectivity index (χ1) is 16.5. The fraction of sp³-hybridized carbons (Fsp3) is 0.600. The maximum absolute atomic E-state index is 2.49. The van der Waals surface area contributed by atoms with Crippen LogP contribution in [0.15, 0.2) is 81.5 Å². The zero-order valence-electron chi connectivity index (χ0n) is 25.2. The molecule has 0 spiro atoms. The predicted octanol–water partition coefficient (Wildman–Crippen LogP) is 12.2. The van der Waals surface area contributed by atoms with Crippen LogP contribution in [-0.4, -0.2) is 0 Å². The highest BCUT2D eigenvalue weighted by Gasteiger charge is 2.08. The number of rotatable bonds is 17. The lowest BCUT2D eigenvalue weighted by Crippen LogP contribution is -2.00. The van der Waals surface area contributed by atoms with Gasteiger partial charge in [-0.05, 0) is 139 Å². The maximum Gasteiger partial charge on any atom is -0.0137 e. The summed E-state index contributed by atoms with van der Waals surface area (Å²) < 4.78 is 0. The van der Waals surface area contributed by atoms with E-state index in [-0.39, 0.29) is 0 Å². The molecule has 0 nitrogen and oxygen atoms in total. The molecule has 0 radical (unpaired) electrons. The van der Waals surface area contributed by atoms with Crippen molar-refractivity contribution < 1.29 is 0 Å². The van der Waals surface area contributed by atoms with E-state index in [2.05, 4.69) is 112 Å². The van der Waals surface area contributed by atoms with Gasteiger partial charge >= 0.3 is 0 Å². The molecule has 0 aromatic rings. The number of hydrogen-bond donors (Lipinski definition) is 0. The molecule has 0 aliphatic heterocycles. The molecule has 0 saturated carbocycles. The van der Waals surface area contributed by atoms with Crippen LogP contribution in [0.1, 0.15) is 133 Å². The molecule has 0 aliphatic carbocycles. The van der Waals surface area contributed by atoms with Crippen LogP contribution >= 0.6 is 0 Å². The average molecular weight is 479 g/mol. The predicted molar refractivity (Wildman–Crippen MR) is 163 cm³/mol. The van der Waals surface area contributed by atoms with Gasteiger partial charge < -0.3 is 0 Å². The van der Waals surface area contributed by atoms with Crippen LogP contribution in [0.4, 0.5) is 0 Å². The quantitative estimate of drug-likeness (QED) is 0.182. The van der Waals surface area contributed by atoms with Crippen molar-refractivity contribution in [3.63, 3.8) is 0 Å². The molecule has 0 rings (SSSR count). The first-order valence-electron chi connectivity index (χ1n) is 14.1. The van der Waals surface area contributed by atoms with E-state index < -0.39 is 0 Å².